The summed E-state index contributed by atoms with van der Waals surface area (Å²) >= 11 is 6.09. The molecule has 0 aliphatic rings. The molecule has 0 unspecified atom stereocenters. The molecule has 0 saturated carbocycles. The first-order valence-corrected chi connectivity index (χ1v) is 10.4. The molecule has 4 N–H and O–H groups in total. The predicted molar refractivity (Wildman–Crippen MR) is 125 cm³/mol. The number of H-pyrrole nitrogens is 2. The van der Waals surface area contributed by atoms with Crippen molar-refractivity contribution >= 4 is 45.7 Å². The van der Waals surface area contributed by atoms with Crippen molar-refractivity contribution < 1.29 is 14.0 Å². The Morgan fingerprint density at radius 2 is 1.74 bits per heavy atom. The first-order chi connectivity index (χ1) is 16.5. The van der Waals surface area contributed by atoms with E-state index in [2.05, 4.69) is 36.2 Å². The third kappa shape index (κ3) is 4.21. The Balaban J connectivity index is 1.42. The van der Waals surface area contributed by atoms with Gasteiger partial charge in [-0.3, -0.25) is 9.59 Å². The zero-order chi connectivity index (χ0) is 23.7. The molecule has 168 valence electrons. The molecule has 11 heteroatoms. The third-order valence-electron chi connectivity index (χ3n) is 5.05. The van der Waals surface area contributed by atoms with Gasteiger partial charge in [0.2, 0.25) is 5.82 Å². The van der Waals surface area contributed by atoms with E-state index in [1.165, 1.54) is 18.2 Å². The number of halogens is 2. The summed E-state index contributed by atoms with van der Waals surface area (Å²) in [5.74, 6) is -1.13. The Morgan fingerprint density at radius 1 is 0.912 bits per heavy atom. The smallest absolute Gasteiger partial charge is 0.272 e. The van der Waals surface area contributed by atoms with Gasteiger partial charge in [-0.1, -0.05) is 29.8 Å². The van der Waals surface area contributed by atoms with Gasteiger partial charge in [-0.25, -0.2) is 4.39 Å². The maximum Gasteiger partial charge on any atom is 0.272 e. The van der Waals surface area contributed by atoms with Crippen LogP contribution in [0.2, 0.25) is 5.02 Å². The van der Waals surface area contributed by atoms with Crippen LogP contribution in [0, 0.1) is 5.82 Å². The van der Waals surface area contributed by atoms with Crippen molar-refractivity contribution in [2.24, 2.45) is 0 Å². The Kier molecular flexibility index (Phi) is 5.48. The molecular formula is C23H15ClFN7O2. The fourth-order valence-corrected chi connectivity index (χ4v) is 3.66. The van der Waals surface area contributed by atoms with E-state index in [9.17, 15) is 14.0 Å². The van der Waals surface area contributed by atoms with Crippen LogP contribution in [-0.2, 0) is 0 Å². The van der Waals surface area contributed by atoms with E-state index in [4.69, 9.17) is 11.6 Å². The minimum absolute atomic E-state index is 0.179. The monoisotopic (exact) mass is 475 g/mol. The standard InChI is InChI=1S/C23H15ClFN7O2/c24-14-7-8-17(16(11-14)21-29-31-32-30-21)27-23(34)19-10-12-3-2-6-18(20(12)26-19)28-22(33)13-4-1-5-15(25)9-13/h1-11,26H,(H,27,34)(H,28,33)(H,29,30,31,32). The second kappa shape index (κ2) is 8.75. The van der Waals surface area contributed by atoms with Gasteiger partial charge in [0.1, 0.15) is 11.5 Å². The zero-order valence-corrected chi connectivity index (χ0v) is 18.0. The molecule has 2 amide bonds. The summed E-state index contributed by atoms with van der Waals surface area (Å²) < 4.78 is 13.5. The van der Waals surface area contributed by atoms with E-state index >= 15 is 0 Å². The number of nitrogens with one attached hydrogen (secondary N) is 4. The van der Waals surface area contributed by atoms with Crippen LogP contribution in [-0.4, -0.2) is 37.4 Å². The molecule has 34 heavy (non-hydrogen) atoms. The summed E-state index contributed by atoms with van der Waals surface area (Å²) in [5.41, 5.74) is 2.37. The van der Waals surface area contributed by atoms with E-state index in [0.717, 1.165) is 6.07 Å². The van der Waals surface area contributed by atoms with Gasteiger partial charge in [-0.05, 0) is 53.7 Å². The molecule has 0 saturated heterocycles. The van der Waals surface area contributed by atoms with Crippen LogP contribution in [0.15, 0.2) is 66.7 Å². The quantitative estimate of drug-likeness (QED) is 0.294. The van der Waals surface area contributed by atoms with Crippen LogP contribution >= 0.6 is 11.6 Å². The molecule has 0 atom stereocenters. The lowest BCUT2D eigenvalue weighted by Crippen LogP contribution is -2.14. The molecule has 5 rings (SSSR count). The van der Waals surface area contributed by atoms with Gasteiger partial charge in [-0.2, -0.15) is 5.21 Å². The minimum Gasteiger partial charge on any atom is -0.349 e. The zero-order valence-electron chi connectivity index (χ0n) is 17.3. The number of amides is 2. The normalized spacial score (nSPS) is 10.9. The fourth-order valence-electron chi connectivity index (χ4n) is 3.48. The van der Waals surface area contributed by atoms with Crippen LogP contribution in [0.25, 0.3) is 22.3 Å². The highest BCUT2D eigenvalue weighted by Crippen LogP contribution is 2.29. The molecule has 0 aliphatic heterocycles. The number of para-hydroxylation sites is 1. The average Bonchev–Trinajstić information content (AvgIpc) is 3.51. The number of aromatic nitrogens is 5. The number of anilines is 2. The highest BCUT2D eigenvalue weighted by Gasteiger charge is 2.17. The molecule has 2 aromatic heterocycles. The summed E-state index contributed by atoms with van der Waals surface area (Å²) in [6.07, 6.45) is 0. The van der Waals surface area contributed by atoms with E-state index in [1.807, 2.05) is 0 Å². The van der Waals surface area contributed by atoms with E-state index in [-0.39, 0.29) is 17.1 Å². The summed E-state index contributed by atoms with van der Waals surface area (Å²) in [6.45, 7) is 0. The Labute approximate surface area is 196 Å². The number of rotatable bonds is 5. The second-order valence-corrected chi connectivity index (χ2v) is 7.73. The molecule has 0 bridgehead atoms. The van der Waals surface area contributed by atoms with Crippen LogP contribution in [0.1, 0.15) is 20.8 Å². The van der Waals surface area contributed by atoms with E-state index in [0.29, 0.717) is 32.9 Å². The van der Waals surface area contributed by atoms with Gasteiger partial charge in [0.05, 0.1) is 16.9 Å². The number of benzene rings is 3. The summed E-state index contributed by atoms with van der Waals surface area (Å²) in [6, 6.07) is 17.2. The average molecular weight is 476 g/mol. The highest BCUT2D eigenvalue weighted by molar-refractivity contribution is 6.31. The SMILES string of the molecule is O=C(Nc1cccc2cc(C(=O)Nc3ccc(Cl)cc3-c3nn[nH]n3)[nH]c12)c1cccc(F)c1. The van der Waals surface area contributed by atoms with Gasteiger partial charge >= 0.3 is 0 Å². The minimum atomic E-state index is -0.507. The molecular weight excluding hydrogens is 461 g/mol. The molecule has 5 aromatic rings. The topological polar surface area (TPSA) is 128 Å². The van der Waals surface area contributed by atoms with Crippen molar-refractivity contribution in [2.75, 3.05) is 10.6 Å². The van der Waals surface area contributed by atoms with Crippen molar-refractivity contribution in [1.29, 1.82) is 0 Å². The molecule has 0 fully saturated rings. The molecule has 0 spiro atoms. The number of tetrazole rings is 1. The van der Waals surface area contributed by atoms with E-state index < -0.39 is 17.6 Å². The van der Waals surface area contributed by atoms with Crippen molar-refractivity contribution in [2.45, 2.75) is 0 Å². The van der Waals surface area contributed by atoms with Crippen LogP contribution < -0.4 is 10.6 Å². The van der Waals surface area contributed by atoms with Crippen molar-refractivity contribution in [3.8, 4) is 11.4 Å². The predicted octanol–water partition coefficient (Wildman–Crippen LogP) is 4.65. The van der Waals surface area contributed by atoms with Crippen LogP contribution in [0.4, 0.5) is 15.8 Å². The number of carbonyl (C=O) groups is 2. The van der Waals surface area contributed by atoms with Crippen molar-refractivity contribution in [3.63, 3.8) is 0 Å². The van der Waals surface area contributed by atoms with Crippen molar-refractivity contribution in [1.82, 2.24) is 25.6 Å². The Morgan fingerprint density at radius 3 is 2.53 bits per heavy atom. The molecule has 3 aromatic carbocycles. The molecule has 0 radical (unpaired) electrons. The number of nitrogens with zero attached hydrogens (tertiary/aromatic N) is 3. The van der Waals surface area contributed by atoms with Gasteiger partial charge in [0.15, 0.2) is 0 Å². The largest absolute Gasteiger partial charge is 0.349 e. The summed E-state index contributed by atoms with van der Waals surface area (Å²) in [7, 11) is 0. The van der Waals surface area contributed by atoms with Gasteiger partial charge in [-0.15, -0.1) is 10.2 Å². The molecule has 0 aliphatic carbocycles. The van der Waals surface area contributed by atoms with Gasteiger partial charge in [0, 0.05) is 21.5 Å². The number of hydrogen-bond acceptors (Lipinski definition) is 5. The highest BCUT2D eigenvalue weighted by atomic mass is 35.5. The number of aromatic amines is 2. The second-order valence-electron chi connectivity index (χ2n) is 7.30. The number of carbonyl (C=O) groups excluding carboxylic acids is 2. The summed E-state index contributed by atoms with van der Waals surface area (Å²) in [5, 5.41) is 20.5. The fraction of sp³-hybridized carbons (Fsp3) is 0. The number of fused-ring (bicyclic) bond motifs is 1. The van der Waals surface area contributed by atoms with Crippen LogP contribution in [0.5, 0.6) is 0 Å². The number of hydrogen-bond donors (Lipinski definition) is 4. The Hall–Kier alpha value is -4.57. The van der Waals surface area contributed by atoms with E-state index in [1.54, 1.807) is 42.5 Å². The molecule has 2 heterocycles. The maximum absolute atomic E-state index is 13.5. The first kappa shape index (κ1) is 21.3. The lowest BCUT2D eigenvalue weighted by molar-refractivity contribution is 0.101. The van der Waals surface area contributed by atoms with Gasteiger partial charge < -0.3 is 15.6 Å². The third-order valence-corrected chi connectivity index (χ3v) is 5.29. The van der Waals surface area contributed by atoms with Crippen LogP contribution in [0.3, 0.4) is 0 Å². The van der Waals surface area contributed by atoms with Crippen molar-refractivity contribution in [3.05, 3.63) is 88.8 Å². The Bertz CT molecular complexity index is 1530. The first-order valence-electron chi connectivity index (χ1n) is 10.0. The summed E-state index contributed by atoms with van der Waals surface area (Å²) in [4.78, 5) is 28.6. The lowest BCUT2D eigenvalue weighted by Gasteiger charge is -2.09. The molecule has 9 nitrogen and oxygen atoms in total. The van der Waals surface area contributed by atoms with Gasteiger partial charge in [0.25, 0.3) is 11.8 Å². The lowest BCUT2D eigenvalue weighted by atomic mass is 10.1. The maximum atomic E-state index is 13.5.